The van der Waals surface area contributed by atoms with E-state index in [1.54, 1.807) is 0 Å². The van der Waals surface area contributed by atoms with Crippen molar-refractivity contribution < 1.29 is 9.53 Å². The molecule has 1 aliphatic rings. The molecule has 0 saturated heterocycles. The quantitative estimate of drug-likeness (QED) is 0.585. The molecule has 1 aliphatic carbocycles. The van der Waals surface area contributed by atoms with Crippen LogP contribution in [0.25, 0.3) is 21.7 Å². The van der Waals surface area contributed by atoms with E-state index in [9.17, 15) is 4.79 Å². The van der Waals surface area contributed by atoms with E-state index in [1.807, 2.05) is 31.2 Å². The van der Waals surface area contributed by atoms with E-state index in [4.69, 9.17) is 9.72 Å². The molecule has 4 rings (SSSR count). The Balaban J connectivity index is 1.84. The Kier molecular flexibility index (Phi) is 4.57. The summed E-state index contributed by atoms with van der Waals surface area (Å²) in [4.78, 5) is 18.6. The van der Waals surface area contributed by atoms with Crippen molar-refractivity contribution in [3.05, 3.63) is 41.3 Å². The van der Waals surface area contributed by atoms with Gasteiger partial charge in [-0.25, -0.2) is 9.78 Å². The van der Waals surface area contributed by atoms with E-state index in [0.717, 1.165) is 21.7 Å². The number of rotatable bonds is 4. The Morgan fingerprint density at radius 2 is 2.00 bits per heavy atom. The lowest BCUT2D eigenvalue weighted by Gasteiger charge is -2.25. The predicted octanol–water partition coefficient (Wildman–Crippen LogP) is 5.45. The van der Waals surface area contributed by atoms with Crippen molar-refractivity contribution in [1.29, 1.82) is 0 Å². The predicted molar refractivity (Wildman–Crippen MR) is 101 cm³/mol. The van der Waals surface area contributed by atoms with Gasteiger partial charge in [-0.15, -0.1) is 11.3 Å². The molecule has 0 spiro atoms. The molecule has 2 heterocycles. The fourth-order valence-electron chi connectivity index (χ4n) is 3.69. The second kappa shape index (κ2) is 7.00. The van der Waals surface area contributed by atoms with Crippen molar-refractivity contribution >= 4 is 27.7 Å². The molecular formula is C20H22N2O2S. The van der Waals surface area contributed by atoms with Crippen molar-refractivity contribution in [3.8, 4) is 11.4 Å². The number of carbonyl (C=O) groups excluding carboxylic acids is 1. The van der Waals surface area contributed by atoms with Gasteiger partial charge in [0.15, 0.2) is 0 Å². The number of carbonyl (C=O) groups is 1. The first-order chi connectivity index (χ1) is 12.3. The van der Waals surface area contributed by atoms with Crippen molar-refractivity contribution in [2.45, 2.75) is 45.1 Å². The summed E-state index contributed by atoms with van der Waals surface area (Å²) >= 11 is 1.43. The molecule has 130 valence electrons. The third kappa shape index (κ3) is 3.09. The molecule has 0 aliphatic heterocycles. The first kappa shape index (κ1) is 16.3. The fourth-order valence-corrected chi connectivity index (χ4v) is 4.61. The Morgan fingerprint density at radius 3 is 2.72 bits per heavy atom. The monoisotopic (exact) mass is 354 g/mol. The zero-order valence-corrected chi connectivity index (χ0v) is 15.2. The number of esters is 1. The zero-order valence-electron chi connectivity index (χ0n) is 14.4. The molecule has 1 aromatic carbocycles. The van der Waals surface area contributed by atoms with Gasteiger partial charge in [0.25, 0.3) is 0 Å². The Hall–Kier alpha value is -2.14. The van der Waals surface area contributed by atoms with Crippen molar-refractivity contribution in [2.75, 3.05) is 6.61 Å². The van der Waals surface area contributed by atoms with E-state index in [-0.39, 0.29) is 5.97 Å². The minimum absolute atomic E-state index is 0.248. The van der Waals surface area contributed by atoms with E-state index in [1.165, 1.54) is 43.4 Å². The lowest BCUT2D eigenvalue weighted by Crippen LogP contribution is -2.14. The van der Waals surface area contributed by atoms with Crippen LogP contribution in [0.2, 0.25) is 0 Å². The number of ether oxygens (including phenoxy) is 1. The number of hydrogen-bond acceptors (Lipinski definition) is 4. The topological polar surface area (TPSA) is 44.1 Å². The molecule has 0 N–H and O–H groups in total. The van der Waals surface area contributed by atoms with Crippen LogP contribution < -0.4 is 0 Å². The number of aromatic nitrogens is 2. The van der Waals surface area contributed by atoms with Crippen molar-refractivity contribution in [1.82, 2.24) is 9.55 Å². The van der Waals surface area contributed by atoms with Crippen LogP contribution >= 0.6 is 11.3 Å². The minimum Gasteiger partial charge on any atom is -0.462 e. The van der Waals surface area contributed by atoms with E-state index in [0.29, 0.717) is 17.5 Å². The molecule has 0 bridgehead atoms. The van der Waals surface area contributed by atoms with E-state index in [2.05, 4.69) is 16.7 Å². The smallest absolute Gasteiger partial charge is 0.348 e. The van der Waals surface area contributed by atoms with Crippen LogP contribution in [0.3, 0.4) is 0 Å². The summed E-state index contributed by atoms with van der Waals surface area (Å²) in [5.41, 5.74) is 2.20. The molecule has 3 aromatic rings. The van der Waals surface area contributed by atoms with Crippen LogP contribution in [-0.4, -0.2) is 22.1 Å². The molecule has 2 aromatic heterocycles. The van der Waals surface area contributed by atoms with Gasteiger partial charge in [-0.2, -0.15) is 0 Å². The summed E-state index contributed by atoms with van der Waals surface area (Å²) in [7, 11) is 0. The number of benzene rings is 1. The second-order valence-corrected chi connectivity index (χ2v) is 7.52. The molecule has 4 nitrogen and oxygen atoms in total. The van der Waals surface area contributed by atoms with Crippen LogP contribution in [0.15, 0.2) is 36.4 Å². The maximum absolute atomic E-state index is 12.1. The average molecular weight is 354 g/mol. The average Bonchev–Trinajstić information content (AvgIpc) is 3.21. The van der Waals surface area contributed by atoms with Gasteiger partial charge in [-0.3, -0.25) is 0 Å². The summed E-state index contributed by atoms with van der Waals surface area (Å²) in [6.07, 6.45) is 6.18. The number of fused-ring (bicyclic) bond motifs is 1. The van der Waals surface area contributed by atoms with Gasteiger partial charge in [0.1, 0.15) is 15.5 Å². The molecule has 0 radical (unpaired) electrons. The first-order valence-corrected chi connectivity index (χ1v) is 9.84. The van der Waals surface area contributed by atoms with E-state index >= 15 is 0 Å². The van der Waals surface area contributed by atoms with Crippen LogP contribution in [0.4, 0.5) is 0 Å². The van der Waals surface area contributed by atoms with Gasteiger partial charge in [0.05, 0.1) is 12.1 Å². The van der Waals surface area contributed by atoms with Crippen LogP contribution in [0, 0.1) is 0 Å². The molecular weight excluding hydrogens is 332 g/mol. The molecule has 0 atom stereocenters. The number of nitrogens with zero attached hydrogens (tertiary/aromatic N) is 2. The lowest BCUT2D eigenvalue weighted by molar-refractivity contribution is 0.0532. The normalized spacial score (nSPS) is 15.6. The first-order valence-electron chi connectivity index (χ1n) is 9.02. The number of imidazole rings is 1. The van der Waals surface area contributed by atoms with Gasteiger partial charge >= 0.3 is 5.97 Å². The Bertz CT molecular complexity index is 876. The zero-order chi connectivity index (χ0) is 17.2. The summed E-state index contributed by atoms with van der Waals surface area (Å²) in [5.74, 6) is 0.770. The number of hydrogen-bond donors (Lipinski definition) is 0. The lowest BCUT2D eigenvalue weighted by atomic mass is 9.95. The van der Waals surface area contributed by atoms with Gasteiger partial charge in [0, 0.05) is 11.6 Å². The van der Waals surface area contributed by atoms with E-state index < -0.39 is 0 Å². The highest BCUT2D eigenvalue weighted by Gasteiger charge is 2.25. The van der Waals surface area contributed by atoms with Gasteiger partial charge in [0.2, 0.25) is 0 Å². The van der Waals surface area contributed by atoms with Crippen LogP contribution in [-0.2, 0) is 4.74 Å². The van der Waals surface area contributed by atoms with Gasteiger partial charge in [-0.05, 0) is 25.8 Å². The molecule has 5 heteroatoms. The summed E-state index contributed by atoms with van der Waals surface area (Å²) < 4.78 is 7.53. The van der Waals surface area contributed by atoms with Crippen LogP contribution in [0.1, 0.15) is 54.7 Å². The number of thiophene rings is 1. The molecule has 0 amide bonds. The fraction of sp³-hybridized carbons (Fsp3) is 0.400. The molecule has 1 saturated carbocycles. The molecule has 0 unspecified atom stereocenters. The highest BCUT2D eigenvalue weighted by Crippen LogP contribution is 2.38. The largest absolute Gasteiger partial charge is 0.462 e. The highest BCUT2D eigenvalue weighted by molar-refractivity contribution is 7.20. The molecule has 25 heavy (non-hydrogen) atoms. The minimum atomic E-state index is -0.248. The third-order valence-corrected chi connectivity index (χ3v) is 5.84. The third-order valence-electron chi connectivity index (χ3n) is 4.84. The van der Waals surface area contributed by atoms with Crippen molar-refractivity contribution in [3.63, 3.8) is 0 Å². The standard InChI is InChI=1S/C20H22N2O2S/c1-2-24-20(23)17-13-16-19(25-17)21-18(14-9-5-3-6-10-14)22(16)15-11-7-4-8-12-15/h3,5-6,9-10,13,15H,2,4,7-8,11-12H2,1H3. The SMILES string of the molecule is CCOC(=O)c1cc2c(nc(-c3ccccc3)n2C2CCCCC2)s1. The highest BCUT2D eigenvalue weighted by atomic mass is 32.1. The summed E-state index contributed by atoms with van der Waals surface area (Å²) in [6, 6.07) is 12.8. The van der Waals surface area contributed by atoms with Gasteiger partial charge in [-0.1, -0.05) is 49.6 Å². The summed E-state index contributed by atoms with van der Waals surface area (Å²) in [6.45, 7) is 2.23. The second-order valence-electron chi connectivity index (χ2n) is 6.48. The maximum atomic E-state index is 12.1. The molecule has 1 fully saturated rings. The maximum Gasteiger partial charge on any atom is 0.348 e. The van der Waals surface area contributed by atoms with Crippen molar-refractivity contribution in [2.24, 2.45) is 0 Å². The Morgan fingerprint density at radius 1 is 1.24 bits per heavy atom. The van der Waals surface area contributed by atoms with Crippen LogP contribution in [0.5, 0.6) is 0 Å². The summed E-state index contributed by atoms with van der Waals surface area (Å²) in [5, 5.41) is 0. The van der Waals surface area contributed by atoms with Gasteiger partial charge < -0.3 is 9.30 Å². The Labute approximate surface area is 151 Å².